The molecule has 0 radical (unpaired) electrons. The van der Waals surface area contributed by atoms with E-state index in [9.17, 15) is 18.0 Å². The maximum absolute atomic E-state index is 12.7. The van der Waals surface area contributed by atoms with Gasteiger partial charge in [-0.1, -0.05) is 11.6 Å². The Kier molecular flexibility index (Phi) is 4.98. The van der Waals surface area contributed by atoms with E-state index in [-0.39, 0.29) is 12.2 Å². The highest BCUT2D eigenvalue weighted by atomic mass is 35.5. The lowest BCUT2D eigenvalue weighted by atomic mass is 10.3. The van der Waals surface area contributed by atoms with E-state index in [1.807, 2.05) is 7.05 Å². The average Bonchev–Trinajstić information content (AvgIpc) is 2.69. The molecule has 22 heavy (non-hydrogen) atoms. The number of hydrogen-bond acceptors (Lipinski definition) is 4. The minimum absolute atomic E-state index is 0.113. The quantitative estimate of drug-likeness (QED) is 0.897. The lowest BCUT2D eigenvalue weighted by molar-refractivity contribution is -0.141. The number of piperazine rings is 1. The van der Waals surface area contributed by atoms with Crippen LogP contribution in [-0.2, 0) is 17.5 Å². The van der Waals surface area contributed by atoms with Gasteiger partial charge in [-0.25, -0.2) is 5.01 Å². The average molecular weight is 340 g/mol. The van der Waals surface area contributed by atoms with E-state index in [1.54, 1.807) is 5.01 Å². The molecule has 1 fully saturated rings. The van der Waals surface area contributed by atoms with Gasteiger partial charge in [-0.05, 0) is 14.0 Å². The first-order valence-corrected chi connectivity index (χ1v) is 7.09. The highest BCUT2D eigenvalue weighted by Gasteiger charge is 2.38. The van der Waals surface area contributed by atoms with Crippen molar-refractivity contribution in [2.75, 3.05) is 33.2 Å². The highest BCUT2D eigenvalue weighted by molar-refractivity contribution is 6.32. The van der Waals surface area contributed by atoms with Crippen molar-refractivity contribution in [2.45, 2.75) is 19.6 Å². The molecule has 0 atom stereocenters. The van der Waals surface area contributed by atoms with Gasteiger partial charge >= 0.3 is 6.18 Å². The Morgan fingerprint density at radius 3 is 2.41 bits per heavy atom. The number of hydrazine groups is 1. The first-order valence-electron chi connectivity index (χ1n) is 6.71. The second kappa shape index (κ2) is 6.43. The number of alkyl halides is 3. The van der Waals surface area contributed by atoms with Crippen LogP contribution in [0.4, 0.5) is 13.2 Å². The normalized spacial score (nSPS) is 17.7. The minimum atomic E-state index is -4.64. The molecule has 0 bridgehead atoms. The number of nitrogens with zero attached hydrogens (tertiary/aromatic N) is 4. The van der Waals surface area contributed by atoms with Crippen LogP contribution < -0.4 is 5.43 Å². The van der Waals surface area contributed by atoms with Crippen LogP contribution in [0.5, 0.6) is 0 Å². The fourth-order valence-corrected chi connectivity index (χ4v) is 2.37. The molecular weight excluding hydrogens is 323 g/mol. The molecule has 1 aromatic rings. The van der Waals surface area contributed by atoms with Crippen LogP contribution in [0.3, 0.4) is 0 Å². The van der Waals surface area contributed by atoms with Gasteiger partial charge in [0.15, 0.2) is 5.69 Å². The SMILES string of the molecule is Cc1c(Cl)c(C(F)(F)F)nn1CC(=O)NN1CCN(C)CC1. The summed E-state index contributed by atoms with van der Waals surface area (Å²) in [5, 5.41) is 4.67. The molecule has 6 nitrogen and oxygen atoms in total. The predicted octanol–water partition coefficient (Wildman–Crippen LogP) is 1.14. The van der Waals surface area contributed by atoms with Crippen LogP contribution in [0.2, 0.25) is 5.02 Å². The summed E-state index contributed by atoms with van der Waals surface area (Å²) in [6.07, 6.45) is -4.64. The summed E-state index contributed by atoms with van der Waals surface area (Å²) in [4.78, 5) is 14.1. The molecule has 0 spiro atoms. The van der Waals surface area contributed by atoms with E-state index < -0.39 is 22.8 Å². The topological polar surface area (TPSA) is 53.4 Å². The molecule has 124 valence electrons. The molecule has 0 aromatic carbocycles. The van der Waals surface area contributed by atoms with Gasteiger partial charge in [0.25, 0.3) is 5.91 Å². The summed E-state index contributed by atoms with van der Waals surface area (Å²) < 4.78 is 39.1. The number of aromatic nitrogens is 2. The molecule has 2 heterocycles. The van der Waals surface area contributed by atoms with Gasteiger partial charge in [0.2, 0.25) is 0 Å². The van der Waals surface area contributed by atoms with Crippen molar-refractivity contribution in [3.8, 4) is 0 Å². The third-order valence-electron chi connectivity index (χ3n) is 3.48. The van der Waals surface area contributed by atoms with Gasteiger partial charge in [-0.3, -0.25) is 14.9 Å². The van der Waals surface area contributed by atoms with Gasteiger partial charge in [0, 0.05) is 26.2 Å². The maximum Gasteiger partial charge on any atom is 0.436 e. The Balaban J connectivity index is 2.00. The van der Waals surface area contributed by atoms with E-state index in [2.05, 4.69) is 15.4 Å². The summed E-state index contributed by atoms with van der Waals surface area (Å²) >= 11 is 5.64. The van der Waals surface area contributed by atoms with Crippen molar-refractivity contribution in [3.63, 3.8) is 0 Å². The first-order chi connectivity index (χ1) is 10.2. The number of likely N-dealkylation sites (N-methyl/N-ethyl adjacent to an activating group) is 1. The number of hydrogen-bond donors (Lipinski definition) is 1. The molecule has 0 saturated carbocycles. The molecule has 1 N–H and O–H groups in total. The molecule has 1 saturated heterocycles. The monoisotopic (exact) mass is 339 g/mol. The molecule has 1 amide bonds. The smallest absolute Gasteiger partial charge is 0.304 e. The Morgan fingerprint density at radius 2 is 1.91 bits per heavy atom. The van der Waals surface area contributed by atoms with Crippen molar-refractivity contribution in [1.29, 1.82) is 0 Å². The molecule has 0 aliphatic carbocycles. The third kappa shape index (κ3) is 3.90. The second-order valence-corrected chi connectivity index (χ2v) is 5.61. The number of carbonyl (C=O) groups is 1. The summed E-state index contributed by atoms with van der Waals surface area (Å²) in [6.45, 7) is 4.03. The summed E-state index contributed by atoms with van der Waals surface area (Å²) in [5.41, 5.74) is 1.61. The van der Waals surface area contributed by atoms with Crippen molar-refractivity contribution < 1.29 is 18.0 Å². The first kappa shape index (κ1) is 17.0. The van der Waals surface area contributed by atoms with Crippen LogP contribution in [0.1, 0.15) is 11.4 Å². The predicted molar refractivity (Wildman–Crippen MR) is 74.2 cm³/mol. The molecule has 2 rings (SSSR count). The molecule has 10 heteroatoms. The molecule has 0 unspecified atom stereocenters. The second-order valence-electron chi connectivity index (χ2n) is 5.23. The van der Waals surface area contributed by atoms with Gasteiger partial charge in [-0.15, -0.1) is 0 Å². The van der Waals surface area contributed by atoms with E-state index in [1.165, 1.54) is 6.92 Å². The number of nitrogens with one attached hydrogen (secondary N) is 1. The Labute approximate surface area is 130 Å². The lowest BCUT2D eigenvalue weighted by Crippen LogP contribution is -2.53. The maximum atomic E-state index is 12.7. The number of amides is 1. The van der Waals surface area contributed by atoms with Gasteiger partial charge in [0.1, 0.15) is 6.54 Å². The fraction of sp³-hybridized carbons (Fsp3) is 0.667. The van der Waals surface area contributed by atoms with E-state index in [4.69, 9.17) is 11.6 Å². The van der Waals surface area contributed by atoms with Crippen LogP contribution in [0, 0.1) is 6.92 Å². The van der Waals surface area contributed by atoms with Crippen LogP contribution in [-0.4, -0.2) is 58.8 Å². The van der Waals surface area contributed by atoms with Gasteiger partial charge in [-0.2, -0.15) is 18.3 Å². The summed E-state index contributed by atoms with van der Waals surface area (Å²) in [6, 6.07) is 0. The lowest BCUT2D eigenvalue weighted by Gasteiger charge is -2.32. The standard InChI is InChI=1S/C12H17ClF3N5O/c1-8-10(13)11(12(14,15)16)18-21(8)7-9(22)17-20-5-3-19(2)4-6-20/h3-7H2,1-2H3,(H,17,22). The van der Waals surface area contributed by atoms with E-state index >= 15 is 0 Å². The Hall–Kier alpha value is -1.32. The fourth-order valence-electron chi connectivity index (χ4n) is 2.13. The highest BCUT2D eigenvalue weighted by Crippen LogP contribution is 2.35. The molecule has 1 aliphatic rings. The van der Waals surface area contributed by atoms with E-state index in [0.717, 1.165) is 17.8 Å². The van der Waals surface area contributed by atoms with Crippen molar-refractivity contribution >= 4 is 17.5 Å². The molecule has 1 aromatic heterocycles. The Morgan fingerprint density at radius 1 is 1.32 bits per heavy atom. The zero-order valence-corrected chi connectivity index (χ0v) is 13.0. The number of halogens is 4. The van der Waals surface area contributed by atoms with Gasteiger partial charge < -0.3 is 4.90 Å². The van der Waals surface area contributed by atoms with Crippen molar-refractivity contribution in [2.24, 2.45) is 0 Å². The van der Waals surface area contributed by atoms with Crippen molar-refractivity contribution in [3.05, 3.63) is 16.4 Å². The number of rotatable bonds is 3. The van der Waals surface area contributed by atoms with Crippen LogP contribution in [0.25, 0.3) is 0 Å². The zero-order valence-electron chi connectivity index (χ0n) is 12.2. The van der Waals surface area contributed by atoms with E-state index in [0.29, 0.717) is 13.1 Å². The Bertz CT molecular complexity index is 552. The largest absolute Gasteiger partial charge is 0.436 e. The summed E-state index contributed by atoms with van der Waals surface area (Å²) in [5.74, 6) is -0.430. The third-order valence-corrected chi connectivity index (χ3v) is 3.93. The zero-order chi connectivity index (χ0) is 16.5. The molecule has 1 aliphatic heterocycles. The molecular formula is C12H17ClF3N5O. The van der Waals surface area contributed by atoms with Crippen molar-refractivity contribution in [1.82, 2.24) is 25.1 Å². The van der Waals surface area contributed by atoms with Gasteiger partial charge in [0.05, 0.1) is 10.7 Å². The number of carbonyl (C=O) groups excluding carboxylic acids is 1. The summed E-state index contributed by atoms with van der Waals surface area (Å²) in [7, 11) is 1.98. The minimum Gasteiger partial charge on any atom is -0.304 e. The van der Waals surface area contributed by atoms with Crippen LogP contribution in [0.15, 0.2) is 0 Å². The van der Waals surface area contributed by atoms with Crippen LogP contribution >= 0.6 is 11.6 Å².